The molecule has 2 rings (SSSR count). The SMILES string of the molecule is CC(=NCCCCCCN=C(C)c1ccccc1O)c1ccccc1O. The molecule has 0 saturated heterocycles. The van der Waals surface area contributed by atoms with Gasteiger partial charge in [0, 0.05) is 35.6 Å². The molecule has 4 nitrogen and oxygen atoms in total. The van der Waals surface area contributed by atoms with Gasteiger partial charge in [-0.25, -0.2) is 0 Å². The van der Waals surface area contributed by atoms with Gasteiger partial charge in [0.2, 0.25) is 0 Å². The molecular formula is C22H28N2O2. The molecule has 0 bridgehead atoms. The van der Waals surface area contributed by atoms with E-state index >= 15 is 0 Å². The second-order valence-electron chi connectivity index (χ2n) is 6.38. The van der Waals surface area contributed by atoms with E-state index in [1.807, 2.05) is 50.2 Å². The van der Waals surface area contributed by atoms with Gasteiger partial charge in [0.1, 0.15) is 11.5 Å². The van der Waals surface area contributed by atoms with Crippen LogP contribution in [0.4, 0.5) is 0 Å². The van der Waals surface area contributed by atoms with Gasteiger partial charge in [-0.05, 0) is 51.0 Å². The van der Waals surface area contributed by atoms with E-state index in [4.69, 9.17) is 0 Å². The largest absolute Gasteiger partial charge is 0.507 e. The summed E-state index contributed by atoms with van der Waals surface area (Å²) in [7, 11) is 0. The van der Waals surface area contributed by atoms with E-state index in [1.165, 1.54) is 0 Å². The lowest BCUT2D eigenvalue weighted by Crippen LogP contribution is -1.98. The summed E-state index contributed by atoms with van der Waals surface area (Å²) in [4.78, 5) is 9.10. The molecule has 0 amide bonds. The van der Waals surface area contributed by atoms with Gasteiger partial charge in [-0.15, -0.1) is 0 Å². The summed E-state index contributed by atoms with van der Waals surface area (Å²) in [5, 5.41) is 19.6. The minimum Gasteiger partial charge on any atom is -0.507 e. The minimum absolute atomic E-state index is 0.284. The number of phenols is 2. The van der Waals surface area contributed by atoms with Gasteiger partial charge in [-0.2, -0.15) is 0 Å². The first-order valence-electron chi connectivity index (χ1n) is 9.18. The third-order valence-electron chi connectivity index (χ3n) is 4.35. The Kier molecular flexibility index (Phi) is 7.87. The van der Waals surface area contributed by atoms with Crippen LogP contribution in [0.25, 0.3) is 0 Å². The van der Waals surface area contributed by atoms with Crippen molar-refractivity contribution in [3.05, 3.63) is 59.7 Å². The second-order valence-corrected chi connectivity index (χ2v) is 6.38. The number of nitrogens with zero attached hydrogens (tertiary/aromatic N) is 2. The zero-order chi connectivity index (χ0) is 18.8. The van der Waals surface area contributed by atoms with Crippen LogP contribution >= 0.6 is 0 Å². The molecule has 0 heterocycles. The van der Waals surface area contributed by atoms with E-state index in [9.17, 15) is 10.2 Å². The highest BCUT2D eigenvalue weighted by Crippen LogP contribution is 2.17. The topological polar surface area (TPSA) is 65.2 Å². The fourth-order valence-electron chi connectivity index (χ4n) is 2.80. The number of unbranched alkanes of at least 4 members (excludes halogenated alkanes) is 3. The van der Waals surface area contributed by atoms with Gasteiger partial charge in [0.05, 0.1) is 0 Å². The number of rotatable bonds is 9. The van der Waals surface area contributed by atoms with Crippen LogP contribution in [0, 0.1) is 0 Å². The summed E-state index contributed by atoms with van der Waals surface area (Å²) in [5.41, 5.74) is 3.37. The second kappa shape index (κ2) is 10.4. The van der Waals surface area contributed by atoms with Crippen molar-refractivity contribution in [1.29, 1.82) is 0 Å². The maximum Gasteiger partial charge on any atom is 0.124 e. The summed E-state index contributed by atoms with van der Waals surface area (Å²) in [6.45, 7) is 5.43. The maximum absolute atomic E-state index is 9.82. The third kappa shape index (κ3) is 6.03. The quantitative estimate of drug-likeness (QED) is 0.494. The maximum atomic E-state index is 9.82. The van der Waals surface area contributed by atoms with Crippen molar-refractivity contribution in [3.63, 3.8) is 0 Å². The Morgan fingerprint density at radius 1 is 0.654 bits per heavy atom. The van der Waals surface area contributed by atoms with E-state index in [2.05, 4.69) is 9.98 Å². The molecule has 0 atom stereocenters. The fourth-order valence-corrected chi connectivity index (χ4v) is 2.80. The molecule has 0 unspecified atom stereocenters. The molecule has 138 valence electrons. The molecule has 2 aromatic carbocycles. The van der Waals surface area contributed by atoms with Crippen molar-refractivity contribution in [3.8, 4) is 11.5 Å². The first-order chi connectivity index (χ1) is 12.6. The molecule has 0 aliphatic carbocycles. The summed E-state index contributed by atoms with van der Waals surface area (Å²) in [6, 6.07) is 14.6. The Hall–Kier alpha value is -2.62. The molecule has 0 saturated carbocycles. The zero-order valence-corrected chi connectivity index (χ0v) is 15.7. The molecule has 2 aromatic rings. The number of aliphatic imine (C=N–C) groups is 2. The number of para-hydroxylation sites is 2. The van der Waals surface area contributed by atoms with E-state index in [0.29, 0.717) is 0 Å². The lowest BCUT2D eigenvalue weighted by molar-refractivity contribution is 0.473. The minimum atomic E-state index is 0.284. The Balaban J connectivity index is 1.65. The average molecular weight is 352 g/mol. The van der Waals surface area contributed by atoms with Crippen molar-refractivity contribution in [1.82, 2.24) is 0 Å². The van der Waals surface area contributed by atoms with Crippen LogP contribution in [-0.2, 0) is 0 Å². The van der Waals surface area contributed by atoms with Crippen molar-refractivity contribution in [2.45, 2.75) is 39.5 Å². The Morgan fingerprint density at radius 3 is 1.42 bits per heavy atom. The molecule has 0 aliphatic heterocycles. The van der Waals surface area contributed by atoms with E-state index in [1.54, 1.807) is 12.1 Å². The fraction of sp³-hybridized carbons (Fsp3) is 0.364. The predicted molar refractivity (Wildman–Crippen MR) is 109 cm³/mol. The van der Waals surface area contributed by atoms with Crippen LogP contribution in [-0.4, -0.2) is 34.7 Å². The number of hydrogen-bond donors (Lipinski definition) is 2. The van der Waals surface area contributed by atoms with Crippen molar-refractivity contribution in [2.75, 3.05) is 13.1 Å². The Labute approximate surface area is 156 Å². The standard InChI is InChI=1S/C22H28N2O2/c1-17(19-11-5-7-13-21(19)25)23-15-9-3-4-10-16-24-18(2)20-12-6-8-14-22(20)26/h5-8,11-14,25-26H,3-4,9-10,15-16H2,1-2H3. The number of phenolic OH excluding ortho intramolecular Hbond substituents is 2. The highest BCUT2D eigenvalue weighted by Gasteiger charge is 2.03. The van der Waals surface area contributed by atoms with Crippen LogP contribution in [0.3, 0.4) is 0 Å². The van der Waals surface area contributed by atoms with Crippen molar-refractivity contribution in [2.24, 2.45) is 9.98 Å². The van der Waals surface area contributed by atoms with E-state index < -0.39 is 0 Å². The number of aromatic hydroxyl groups is 2. The first-order valence-corrected chi connectivity index (χ1v) is 9.18. The number of benzene rings is 2. The van der Waals surface area contributed by atoms with Crippen molar-refractivity contribution >= 4 is 11.4 Å². The summed E-state index contributed by atoms with van der Waals surface area (Å²) in [6.07, 6.45) is 4.30. The molecule has 0 spiro atoms. The lowest BCUT2D eigenvalue weighted by atomic mass is 10.1. The van der Waals surface area contributed by atoms with Gasteiger partial charge in [-0.3, -0.25) is 9.98 Å². The highest BCUT2D eigenvalue weighted by atomic mass is 16.3. The van der Waals surface area contributed by atoms with Crippen LogP contribution in [0.1, 0.15) is 50.7 Å². The Morgan fingerprint density at radius 2 is 1.04 bits per heavy atom. The molecule has 0 aromatic heterocycles. The average Bonchev–Trinajstić information content (AvgIpc) is 2.64. The van der Waals surface area contributed by atoms with E-state index in [-0.39, 0.29) is 11.5 Å². The normalized spacial score (nSPS) is 12.4. The van der Waals surface area contributed by atoms with Crippen LogP contribution in [0.5, 0.6) is 11.5 Å². The predicted octanol–water partition coefficient (Wildman–Crippen LogP) is 4.98. The Bertz CT molecular complexity index is 701. The summed E-state index contributed by atoms with van der Waals surface area (Å²) in [5.74, 6) is 0.567. The monoisotopic (exact) mass is 352 g/mol. The van der Waals surface area contributed by atoms with Gasteiger partial charge >= 0.3 is 0 Å². The van der Waals surface area contributed by atoms with Crippen LogP contribution < -0.4 is 0 Å². The molecule has 4 heteroatoms. The van der Waals surface area contributed by atoms with E-state index in [0.717, 1.165) is 61.3 Å². The summed E-state index contributed by atoms with van der Waals surface area (Å²) >= 11 is 0. The molecule has 0 fully saturated rings. The molecule has 0 radical (unpaired) electrons. The third-order valence-corrected chi connectivity index (χ3v) is 4.35. The lowest BCUT2D eigenvalue weighted by Gasteiger charge is -2.05. The van der Waals surface area contributed by atoms with Gasteiger partial charge in [0.15, 0.2) is 0 Å². The number of hydrogen-bond acceptors (Lipinski definition) is 4. The zero-order valence-electron chi connectivity index (χ0n) is 15.7. The summed E-state index contributed by atoms with van der Waals surface area (Å²) < 4.78 is 0. The molecule has 26 heavy (non-hydrogen) atoms. The molecular weight excluding hydrogens is 324 g/mol. The smallest absolute Gasteiger partial charge is 0.124 e. The van der Waals surface area contributed by atoms with Gasteiger partial charge < -0.3 is 10.2 Å². The van der Waals surface area contributed by atoms with Crippen LogP contribution in [0.15, 0.2) is 58.5 Å². The first kappa shape index (κ1) is 19.7. The van der Waals surface area contributed by atoms with Gasteiger partial charge in [0.25, 0.3) is 0 Å². The highest BCUT2D eigenvalue weighted by molar-refractivity contribution is 6.01. The molecule has 0 aliphatic rings. The molecule has 2 N–H and O–H groups in total. The van der Waals surface area contributed by atoms with Crippen molar-refractivity contribution < 1.29 is 10.2 Å². The van der Waals surface area contributed by atoms with Crippen LogP contribution in [0.2, 0.25) is 0 Å². The van der Waals surface area contributed by atoms with Gasteiger partial charge in [-0.1, -0.05) is 37.1 Å².